The van der Waals surface area contributed by atoms with Gasteiger partial charge >= 0.3 is 12.1 Å². The maximum Gasteiger partial charge on any atom is 0.490 e. The van der Waals surface area contributed by atoms with E-state index in [0.29, 0.717) is 78.4 Å². The van der Waals surface area contributed by atoms with E-state index in [0.717, 1.165) is 38.9 Å². The van der Waals surface area contributed by atoms with Crippen LogP contribution in [0.15, 0.2) is 12.1 Å². The molecule has 1 N–H and O–H groups in total. The lowest BCUT2D eigenvalue weighted by Gasteiger charge is -2.32. The van der Waals surface area contributed by atoms with E-state index in [2.05, 4.69) is 10.2 Å². The van der Waals surface area contributed by atoms with Gasteiger partial charge in [-0.15, -0.1) is 0 Å². The molecule has 1 aromatic carbocycles. The van der Waals surface area contributed by atoms with Crippen LogP contribution in [-0.2, 0) is 20.7 Å². The Morgan fingerprint density at radius 3 is 2.62 bits per heavy atom. The van der Waals surface area contributed by atoms with Crippen molar-refractivity contribution in [2.75, 3.05) is 51.9 Å². The average Bonchev–Trinajstić information content (AvgIpc) is 3.44. The van der Waals surface area contributed by atoms with Crippen LogP contribution < -0.4 is 14.8 Å². The summed E-state index contributed by atoms with van der Waals surface area (Å²) >= 11 is 0. The Hall–Kier alpha value is -2.79. The zero-order chi connectivity index (χ0) is 27.4. The number of carbonyl (C=O) groups is 1. The molecule has 0 saturated carbocycles. The fraction of sp³-hybridized carbons (Fsp3) is 0.643. The maximum atomic E-state index is 13.1. The van der Waals surface area contributed by atoms with Crippen LogP contribution in [0.4, 0.5) is 18.9 Å². The fourth-order valence-corrected chi connectivity index (χ4v) is 5.74. The summed E-state index contributed by atoms with van der Waals surface area (Å²) in [6.07, 6.45) is 0.199. The molecule has 0 radical (unpaired) electrons. The van der Waals surface area contributed by atoms with Crippen molar-refractivity contribution in [3.8, 4) is 11.5 Å². The van der Waals surface area contributed by atoms with Crippen LogP contribution in [0.25, 0.3) is 10.9 Å². The quantitative estimate of drug-likeness (QED) is 0.337. The number of carbonyl (C=O) groups excluding carboxylic acids is 1. The summed E-state index contributed by atoms with van der Waals surface area (Å²) in [4.78, 5) is 19.1. The highest BCUT2D eigenvalue weighted by Gasteiger charge is 2.43. The molecule has 3 heterocycles. The first kappa shape index (κ1) is 27.8. The second-order valence-electron chi connectivity index (χ2n) is 10.4. The van der Waals surface area contributed by atoms with E-state index in [4.69, 9.17) is 23.9 Å². The van der Waals surface area contributed by atoms with Gasteiger partial charge in [0.2, 0.25) is 0 Å². The van der Waals surface area contributed by atoms with Crippen LogP contribution in [0.3, 0.4) is 0 Å². The Bertz CT molecular complexity index is 1160. The van der Waals surface area contributed by atoms with Crippen LogP contribution in [-0.4, -0.2) is 74.6 Å². The number of fused-ring (bicyclic) bond motifs is 2. The number of likely N-dealkylation sites (tertiary alicyclic amines) is 1. The molecule has 1 aromatic heterocycles. The molecule has 3 aliphatic rings. The van der Waals surface area contributed by atoms with Crippen molar-refractivity contribution >= 4 is 22.6 Å². The number of methoxy groups -OCH3 is 1. The van der Waals surface area contributed by atoms with Gasteiger partial charge in [0.15, 0.2) is 11.5 Å². The summed E-state index contributed by atoms with van der Waals surface area (Å²) in [5.41, 5.74) is 2.44. The zero-order valence-electron chi connectivity index (χ0n) is 22.3. The van der Waals surface area contributed by atoms with E-state index < -0.39 is 18.2 Å². The van der Waals surface area contributed by atoms with Gasteiger partial charge in [-0.25, -0.2) is 4.79 Å². The normalized spacial score (nSPS) is 20.6. The molecule has 2 saturated heterocycles. The largest absolute Gasteiger partial charge is 0.493 e. The Balaban J connectivity index is 1.48. The number of nitrogens with one attached hydrogen (secondary N) is 1. The third-order valence-corrected chi connectivity index (χ3v) is 7.71. The number of aryl methyl sites for hydroxylation is 1. The second kappa shape index (κ2) is 12.2. The number of nitrogens with zero attached hydrogens (tertiary/aromatic N) is 2. The number of anilines is 1. The van der Waals surface area contributed by atoms with Gasteiger partial charge in [0, 0.05) is 42.8 Å². The minimum Gasteiger partial charge on any atom is -0.493 e. The van der Waals surface area contributed by atoms with Gasteiger partial charge in [-0.3, -0.25) is 4.98 Å². The smallest absolute Gasteiger partial charge is 0.490 e. The molecule has 0 spiro atoms. The summed E-state index contributed by atoms with van der Waals surface area (Å²) < 4.78 is 61.6. The molecular weight excluding hydrogens is 515 g/mol. The molecule has 39 heavy (non-hydrogen) atoms. The number of hydrogen-bond acceptors (Lipinski definition) is 8. The lowest BCUT2D eigenvalue weighted by molar-refractivity contribution is -0.205. The highest BCUT2D eigenvalue weighted by molar-refractivity contribution is 5.96. The molecule has 5 rings (SSSR count). The fourth-order valence-electron chi connectivity index (χ4n) is 5.74. The van der Waals surface area contributed by atoms with Crippen LogP contribution >= 0.6 is 0 Å². The van der Waals surface area contributed by atoms with Gasteiger partial charge in [0.25, 0.3) is 0 Å². The predicted octanol–water partition coefficient (Wildman–Crippen LogP) is 5.18. The first-order chi connectivity index (χ1) is 18.8. The van der Waals surface area contributed by atoms with Gasteiger partial charge < -0.3 is 29.2 Å². The van der Waals surface area contributed by atoms with Gasteiger partial charge in [-0.1, -0.05) is 0 Å². The molecule has 0 amide bonds. The standard InChI is InChI=1S/C28H36F3N3O5/c1-36-23-16-19-21(17-24(23)38-13-5-12-34-10-2-3-11-34)33-20-6-4-7-22(39-27(35)28(29,30)31)25(20)26(19)32-18-8-14-37-15-9-18/h16-18,22H,2-15H2,1H3,(H,32,33). The number of benzene rings is 1. The molecule has 1 aliphatic carbocycles. The summed E-state index contributed by atoms with van der Waals surface area (Å²) in [5, 5.41) is 4.25. The van der Waals surface area contributed by atoms with Crippen LogP contribution in [0.5, 0.6) is 11.5 Å². The molecule has 1 unspecified atom stereocenters. The van der Waals surface area contributed by atoms with E-state index in [1.54, 1.807) is 7.11 Å². The molecule has 2 aromatic rings. The summed E-state index contributed by atoms with van der Waals surface area (Å²) in [7, 11) is 1.56. The number of halogens is 3. The molecule has 8 nitrogen and oxygen atoms in total. The number of aromatic nitrogens is 1. The van der Waals surface area contributed by atoms with E-state index in [1.807, 2.05) is 12.1 Å². The topological polar surface area (TPSA) is 82.2 Å². The molecule has 0 bridgehead atoms. The van der Waals surface area contributed by atoms with E-state index in [1.165, 1.54) is 12.8 Å². The van der Waals surface area contributed by atoms with E-state index in [-0.39, 0.29) is 6.04 Å². The number of pyridine rings is 1. The summed E-state index contributed by atoms with van der Waals surface area (Å²) in [6.45, 7) is 4.97. The Morgan fingerprint density at radius 1 is 1.13 bits per heavy atom. The van der Waals surface area contributed by atoms with Crippen molar-refractivity contribution in [2.45, 2.75) is 69.7 Å². The Kier molecular flexibility index (Phi) is 8.66. The second-order valence-corrected chi connectivity index (χ2v) is 10.4. The average molecular weight is 552 g/mol. The van der Waals surface area contributed by atoms with Crippen molar-refractivity contribution < 1.29 is 36.9 Å². The summed E-state index contributed by atoms with van der Waals surface area (Å²) in [5.74, 6) is -1.10. The van der Waals surface area contributed by atoms with Crippen LogP contribution in [0.2, 0.25) is 0 Å². The third kappa shape index (κ3) is 6.51. The number of rotatable bonds is 9. The number of esters is 1. The SMILES string of the molecule is COc1cc2c(NC3CCOCC3)c3c(nc2cc1OCCCN1CCCC1)CCCC3OC(=O)C(F)(F)F. The van der Waals surface area contributed by atoms with Gasteiger partial charge in [0.1, 0.15) is 6.10 Å². The van der Waals surface area contributed by atoms with Crippen molar-refractivity contribution in [3.63, 3.8) is 0 Å². The van der Waals surface area contributed by atoms with Gasteiger partial charge in [-0.05, 0) is 70.5 Å². The van der Waals surface area contributed by atoms with Gasteiger partial charge in [0.05, 0.1) is 30.6 Å². The molecule has 11 heteroatoms. The van der Waals surface area contributed by atoms with Crippen molar-refractivity contribution in [1.82, 2.24) is 9.88 Å². The van der Waals surface area contributed by atoms with E-state index in [9.17, 15) is 18.0 Å². The first-order valence-electron chi connectivity index (χ1n) is 13.8. The van der Waals surface area contributed by atoms with Crippen molar-refractivity contribution in [3.05, 3.63) is 23.4 Å². The number of ether oxygens (including phenoxy) is 4. The van der Waals surface area contributed by atoms with Crippen LogP contribution in [0, 0.1) is 0 Å². The van der Waals surface area contributed by atoms with Crippen molar-refractivity contribution in [1.29, 1.82) is 0 Å². The lowest BCUT2D eigenvalue weighted by atomic mass is 9.89. The molecule has 214 valence electrons. The van der Waals surface area contributed by atoms with Gasteiger partial charge in [-0.2, -0.15) is 13.2 Å². The number of alkyl halides is 3. The van der Waals surface area contributed by atoms with E-state index >= 15 is 0 Å². The molecule has 2 aliphatic heterocycles. The molecular formula is C28H36F3N3O5. The maximum absolute atomic E-state index is 13.1. The van der Waals surface area contributed by atoms with Crippen LogP contribution in [0.1, 0.15) is 62.3 Å². The first-order valence-corrected chi connectivity index (χ1v) is 13.8. The Labute approximate surface area is 226 Å². The third-order valence-electron chi connectivity index (χ3n) is 7.71. The number of hydrogen-bond donors (Lipinski definition) is 1. The molecule has 1 atom stereocenters. The Morgan fingerprint density at radius 2 is 1.90 bits per heavy atom. The minimum absolute atomic E-state index is 0.0573. The predicted molar refractivity (Wildman–Crippen MR) is 139 cm³/mol. The lowest BCUT2D eigenvalue weighted by Crippen LogP contribution is -2.31. The summed E-state index contributed by atoms with van der Waals surface area (Å²) in [6, 6.07) is 3.71. The highest BCUT2D eigenvalue weighted by atomic mass is 19.4. The zero-order valence-corrected chi connectivity index (χ0v) is 22.3. The molecule has 2 fully saturated rings. The van der Waals surface area contributed by atoms with Crippen molar-refractivity contribution in [2.24, 2.45) is 0 Å². The highest BCUT2D eigenvalue weighted by Crippen LogP contribution is 2.44. The monoisotopic (exact) mass is 551 g/mol. The minimum atomic E-state index is -5.07.